The van der Waals surface area contributed by atoms with E-state index in [-0.39, 0.29) is 23.5 Å². The van der Waals surface area contributed by atoms with E-state index in [1.807, 2.05) is 0 Å². The summed E-state index contributed by atoms with van der Waals surface area (Å²) in [4.78, 5) is 19.4. The van der Waals surface area contributed by atoms with Crippen molar-refractivity contribution in [2.45, 2.75) is 50.2 Å². The summed E-state index contributed by atoms with van der Waals surface area (Å²) < 4.78 is 42.3. The minimum absolute atomic E-state index is 0.257. The molecule has 9 heteroatoms. The highest BCUT2D eigenvalue weighted by Gasteiger charge is 2.37. The number of aromatic nitrogens is 4. The Kier molecular flexibility index (Phi) is 5.06. The summed E-state index contributed by atoms with van der Waals surface area (Å²) in [5, 5.41) is 7.64. The Morgan fingerprint density at radius 2 is 1.93 bits per heavy atom. The van der Waals surface area contributed by atoms with Crippen molar-refractivity contribution in [1.82, 2.24) is 19.7 Å². The summed E-state index contributed by atoms with van der Waals surface area (Å²) in [6.07, 6.45) is 1.10. The Balaban J connectivity index is 1.72. The number of anilines is 1. The third kappa shape index (κ3) is 3.86. The number of aromatic amines is 1. The van der Waals surface area contributed by atoms with Gasteiger partial charge in [0, 0.05) is 19.0 Å². The van der Waals surface area contributed by atoms with Crippen molar-refractivity contribution in [2.24, 2.45) is 7.05 Å². The Morgan fingerprint density at radius 1 is 1.17 bits per heavy atom. The number of alkyl halides is 3. The minimum atomic E-state index is -4.41. The standard InChI is InChI=1S/C20H22F3N5O/c1-28-17-14(11-24-28)18(29)27-19(26-17)25-16-10-4-2-3-8-13(16)12-7-5-6-9-15(12)20(21,22)23/h5-7,9,11,13,16H,2-4,8,10H2,1H3,(H2,25,26,27,29)/t13-,16-/m1/s1. The largest absolute Gasteiger partial charge is 0.416 e. The topological polar surface area (TPSA) is 75.6 Å². The predicted octanol–water partition coefficient (Wildman–Crippen LogP) is 4.20. The molecule has 0 spiro atoms. The summed E-state index contributed by atoms with van der Waals surface area (Å²) >= 11 is 0. The van der Waals surface area contributed by atoms with Crippen molar-refractivity contribution in [3.63, 3.8) is 0 Å². The van der Waals surface area contributed by atoms with E-state index in [1.54, 1.807) is 19.2 Å². The maximum Gasteiger partial charge on any atom is 0.416 e. The van der Waals surface area contributed by atoms with Gasteiger partial charge < -0.3 is 5.32 Å². The summed E-state index contributed by atoms with van der Waals surface area (Å²) in [5.74, 6) is -0.0737. The zero-order chi connectivity index (χ0) is 20.6. The van der Waals surface area contributed by atoms with Crippen LogP contribution in [0.2, 0.25) is 0 Å². The molecule has 1 fully saturated rings. The molecule has 1 saturated carbocycles. The number of benzene rings is 1. The van der Waals surface area contributed by atoms with E-state index in [0.717, 1.165) is 25.3 Å². The summed E-state index contributed by atoms with van der Waals surface area (Å²) in [5.41, 5.74) is -0.200. The average Bonchev–Trinajstić information content (AvgIpc) is 2.90. The minimum Gasteiger partial charge on any atom is -0.352 e. The van der Waals surface area contributed by atoms with Crippen molar-refractivity contribution in [2.75, 3.05) is 5.32 Å². The Morgan fingerprint density at radius 3 is 2.72 bits per heavy atom. The van der Waals surface area contributed by atoms with Crippen LogP contribution in [0.4, 0.5) is 19.1 Å². The molecular formula is C20H22F3N5O. The summed E-state index contributed by atoms with van der Waals surface area (Å²) in [6.45, 7) is 0. The number of aryl methyl sites for hydroxylation is 1. The van der Waals surface area contributed by atoms with Gasteiger partial charge in [0.2, 0.25) is 5.95 Å². The van der Waals surface area contributed by atoms with Crippen LogP contribution in [-0.4, -0.2) is 25.8 Å². The molecule has 2 aromatic heterocycles. The molecule has 154 valence electrons. The van der Waals surface area contributed by atoms with Gasteiger partial charge in [-0.25, -0.2) is 0 Å². The lowest BCUT2D eigenvalue weighted by atomic mass is 9.84. The summed E-state index contributed by atoms with van der Waals surface area (Å²) in [6, 6.07) is 5.50. The normalized spacial score (nSPS) is 20.6. The molecule has 29 heavy (non-hydrogen) atoms. The first-order valence-electron chi connectivity index (χ1n) is 9.69. The smallest absolute Gasteiger partial charge is 0.352 e. The average molecular weight is 405 g/mol. The molecule has 6 nitrogen and oxygen atoms in total. The molecule has 2 heterocycles. The van der Waals surface area contributed by atoms with Gasteiger partial charge in [0.05, 0.1) is 11.8 Å². The molecule has 3 aromatic rings. The molecule has 2 atom stereocenters. The molecule has 0 amide bonds. The van der Waals surface area contributed by atoms with Crippen LogP contribution in [0.3, 0.4) is 0 Å². The van der Waals surface area contributed by atoms with E-state index < -0.39 is 11.7 Å². The molecule has 0 bridgehead atoms. The number of rotatable bonds is 3. The van der Waals surface area contributed by atoms with Gasteiger partial charge in [-0.3, -0.25) is 14.5 Å². The second-order valence-electron chi connectivity index (χ2n) is 7.50. The van der Waals surface area contributed by atoms with Gasteiger partial charge in [-0.15, -0.1) is 0 Å². The van der Waals surface area contributed by atoms with Gasteiger partial charge >= 0.3 is 6.18 Å². The number of hydrogen-bond donors (Lipinski definition) is 2. The van der Waals surface area contributed by atoms with Crippen molar-refractivity contribution < 1.29 is 13.2 Å². The Hall–Kier alpha value is -2.84. The van der Waals surface area contributed by atoms with Gasteiger partial charge in [-0.2, -0.15) is 23.3 Å². The van der Waals surface area contributed by atoms with Crippen LogP contribution in [0.5, 0.6) is 0 Å². The first-order chi connectivity index (χ1) is 13.8. The van der Waals surface area contributed by atoms with E-state index in [4.69, 9.17) is 0 Å². The van der Waals surface area contributed by atoms with Gasteiger partial charge in [0.25, 0.3) is 5.56 Å². The van der Waals surface area contributed by atoms with E-state index in [2.05, 4.69) is 20.4 Å². The number of nitrogens with zero attached hydrogens (tertiary/aromatic N) is 3. The van der Waals surface area contributed by atoms with Crippen molar-refractivity contribution in [3.05, 3.63) is 51.9 Å². The monoisotopic (exact) mass is 405 g/mol. The number of H-pyrrole nitrogens is 1. The lowest BCUT2D eigenvalue weighted by Crippen LogP contribution is -2.30. The van der Waals surface area contributed by atoms with Crippen molar-refractivity contribution in [3.8, 4) is 0 Å². The maximum atomic E-state index is 13.6. The number of fused-ring (bicyclic) bond motifs is 1. The first-order valence-corrected chi connectivity index (χ1v) is 9.69. The lowest BCUT2D eigenvalue weighted by molar-refractivity contribution is -0.138. The third-order valence-electron chi connectivity index (χ3n) is 5.61. The summed E-state index contributed by atoms with van der Waals surface area (Å²) in [7, 11) is 1.69. The van der Waals surface area contributed by atoms with Crippen LogP contribution in [0, 0.1) is 0 Å². The van der Waals surface area contributed by atoms with Gasteiger partial charge in [-0.1, -0.05) is 37.5 Å². The molecule has 0 unspecified atom stereocenters. The van der Waals surface area contributed by atoms with Gasteiger partial charge in [0.1, 0.15) is 5.39 Å². The fourth-order valence-electron chi connectivity index (χ4n) is 4.21. The van der Waals surface area contributed by atoms with E-state index in [1.165, 1.54) is 16.9 Å². The van der Waals surface area contributed by atoms with E-state index in [0.29, 0.717) is 29.4 Å². The molecular weight excluding hydrogens is 383 g/mol. The van der Waals surface area contributed by atoms with E-state index >= 15 is 0 Å². The molecule has 0 aliphatic heterocycles. The second-order valence-corrected chi connectivity index (χ2v) is 7.50. The third-order valence-corrected chi connectivity index (χ3v) is 5.61. The van der Waals surface area contributed by atoms with Crippen LogP contribution < -0.4 is 10.9 Å². The Bertz CT molecular complexity index is 1070. The maximum absolute atomic E-state index is 13.6. The fraction of sp³-hybridized carbons (Fsp3) is 0.450. The molecule has 0 saturated heterocycles. The van der Waals surface area contributed by atoms with Crippen LogP contribution in [-0.2, 0) is 13.2 Å². The van der Waals surface area contributed by atoms with Crippen LogP contribution >= 0.6 is 0 Å². The number of hydrogen-bond acceptors (Lipinski definition) is 4. The molecule has 1 aliphatic carbocycles. The van der Waals surface area contributed by atoms with Crippen molar-refractivity contribution >= 4 is 17.0 Å². The van der Waals surface area contributed by atoms with Gasteiger partial charge in [-0.05, 0) is 24.5 Å². The highest BCUT2D eigenvalue weighted by atomic mass is 19.4. The molecule has 0 radical (unpaired) electrons. The highest BCUT2D eigenvalue weighted by Crippen LogP contribution is 2.40. The molecule has 4 rings (SSSR count). The zero-order valence-corrected chi connectivity index (χ0v) is 16.0. The fourth-order valence-corrected chi connectivity index (χ4v) is 4.21. The van der Waals surface area contributed by atoms with E-state index in [9.17, 15) is 18.0 Å². The first kappa shape index (κ1) is 19.5. The van der Waals surface area contributed by atoms with Crippen LogP contribution in [0.1, 0.15) is 49.1 Å². The predicted molar refractivity (Wildman–Crippen MR) is 104 cm³/mol. The quantitative estimate of drug-likeness (QED) is 0.641. The zero-order valence-electron chi connectivity index (χ0n) is 16.0. The second kappa shape index (κ2) is 7.53. The van der Waals surface area contributed by atoms with Crippen LogP contribution in [0.15, 0.2) is 35.3 Å². The SMILES string of the molecule is Cn1ncc2c(=O)[nH]c(N[C@@H]3CCCCC[C@@H]3c3ccccc3C(F)(F)F)nc21. The number of halogens is 3. The van der Waals surface area contributed by atoms with Gasteiger partial charge in [0.15, 0.2) is 5.65 Å². The molecule has 2 N–H and O–H groups in total. The Labute approximate surface area is 165 Å². The lowest BCUT2D eigenvalue weighted by Gasteiger charge is -2.29. The highest BCUT2D eigenvalue weighted by molar-refractivity contribution is 5.74. The van der Waals surface area contributed by atoms with Crippen LogP contribution in [0.25, 0.3) is 11.0 Å². The number of nitrogens with one attached hydrogen (secondary N) is 2. The van der Waals surface area contributed by atoms with Crippen molar-refractivity contribution in [1.29, 1.82) is 0 Å². The molecule has 1 aromatic carbocycles. The molecule has 1 aliphatic rings.